The van der Waals surface area contributed by atoms with Crippen molar-refractivity contribution >= 4 is 5.91 Å². The van der Waals surface area contributed by atoms with Crippen LogP contribution in [0.5, 0.6) is 0 Å². The van der Waals surface area contributed by atoms with Crippen LogP contribution in [0.4, 0.5) is 0 Å². The van der Waals surface area contributed by atoms with Gasteiger partial charge in [0.2, 0.25) is 5.91 Å². The Morgan fingerprint density at radius 2 is 1.95 bits per heavy atom. The van der Waals surface area contributed by atoms with Gasteiger partial charge in [-0.1, -0.05) is 33.1 Å². The van der Waals surface area contributed by atoms with Crippen molar-refractivity contribution in [2.24, 2.45) is 5.92 Å². The summed E-state index contributed by atoms with van der Waals surface area (Å²) in [7, 11) is 0. The van der Waals surface area contributed by atoms with Gasteiger partial charge in [0, 0.05) is 26.1 Å². The number of aliphatic hydroxyl groups is 1. The molecule has 1 saturated carbocycles. The van der Waals surface area contributed by atoms with Gasteiger partial charge in [-0.15, -0.1) is 0 Å². The summed E-state index contributed by atoms with van der Waals surface area (Å²) >= 11 is 0. The molecule has 1 aliphatic carbocycles. The zero-order chi connectivity index (χ0) is 15.5. The number of rotatable bonds is 10. The Hall–Kier alpha value is -0.650. The number of hydrogen-bond donors (Lipinski definition) is 3. The standard InChI is InChI=1S/C16H32N2O3/c1-13(2)10-18-16(20)8-9-17-11-14(19)12-21-15-6-4-3-5-7-15/h13-15,17,19H,3-12H2,1-2H3,(H,18,20). The van der Waals surface area contributed by atoms with Crippen LogP contribution in [0.25, 0.3) is 0 Å². The SMILES string of the molecule is CC(C)CNC(=O)CCNCC(O)COC1CCCCC1. The number of carbonyl (C=O) groups is 1. The van der Waals surface area contributed by atoms with Gasteiger partial charge in [-0.3, -0.25) is 4.79 Å². The Labute approximate surface area is 128 Å². The molecule has 0 saturated heterocycles. The maximum absolute atomic E-state index is 11.5. The van der Waals surface area contributed by atoms with E-state index in [0.29, 0.717) is 38.1 Å². The van der Waals surface area contributed by atoms with Crippen LogP contribution in [0.15, 0.2) is 0 Å². The molecule has 0 aromatic carbocycles. The molecule has 124 valence electrons. The highest BCUT2D eigenvalue weighted by Gasteiger charge is 2.15. The van der Waals surface area contributed by atoms with Crippen molar-refractivity contribution in [1.82, 2.24) is 10.6 Å². The van der Waals surface area contributed by atoms with Gasteiger partial charge >= 0.3 is 0 Å². The number of ether oxygens (including phenoxy) is 1. The lowest BCUT2D eigenvalue weighted by Crippen LogP contribution is -2.35. The van der Waals surface area contributed by atoms with Crippen molar-refractivity contribution < 1.29 is 14.6 Å². The molecule has 1 aliphatic rings. The number of aliphatic hydroxyl groups excluding tert-OH is 1. The molecular formula is C16H32N2O3. The van der Waals surface area contributed by atoms with Gasteiger partial charge in [0.1, 0.15) is 0 Å². The summed E-state index contributed by atoms with van der Waals surface area (Å²) < 4.78 is 5.72. The molecule has 3 N–H and O–H groups in total. The molecular weight excluding hydrogens is 268 g/mol. The molecule has 21 heavy (non-hydrogen) atoms. The Balaban J connectivity index is 1.95. The van der Waals surface area contributed by atoms with Crippen LogP contribution in [0, 0.1) is 5.92 Å². The maximum atomic E-state index is 11.5. The summed E-state index contributed by atoms with van der Waals surface area (Å²) in [6.07, 6.45) is 6.31. The van der Waals surface area contributed by atoms with E-state index in [1.807, 2.05) is 0 Å². The zero-order valence-electron chi connectivity index (χ0n) is 13.6. The van der Waals surface area contributed by atoms with Crippen LogP contribution in [0.2, 0.25) is 0 Å². The molecule has 0 radical (unpaired) electrons. The van der Waals surface area contributed by atoms with Gasteiger partial charge in [0.15, 0.2) is 0 Å². The van der Waals surface area contributed by atoms with Crippen molar-refractivity contribution in [2.45, 2.75) is 64.6 Å². The average Bonchev–Trinajstić information content (AvgIpc) is 2.48. The van der Waals surface area contributed by atoms with E-state index in [1.165, 1.54) is 19.3 Å². The van der Waals surface area contributed by atoms with Gasteiger partial charge in [-0.25, -0.2) is 0 Å². The molecule has 1 atom stereocenters. The minimum absolute atomic E-state index is 0.0594. The van der Waals surface area contributed by atoms with E-state index in [0.717, 1.165) is 19.4 Å². The van der Waals surface area contributed by atoms with E-state index < -0.39 is 6.10 Å². The predicted octanol–water partition coefficient (Wildman–Crippen LogP) is 1.45. The average molecular weight is 300 g/mol. The van der Waals surface area contributed by atoms with Crippen molar-refractivity contribution in [3.8, 4) is 0 Å². The van der Waals surface area contributed by atoms with E-state index >= 15 is 0 Å². The molecule has 1 amide bonds. The normalized spacial score (nSPS) is 17.9. The van der Waals surface area contributed by atoms with Crippen molar-refractivity contribution in [3.05, 3.63) is 0 Å². The Kier molecular flexibility index (Phi) is 9.63. The fourth-order valence-electron chi connectivity index (χ4n) is 2.41. The minimum Gasteiger partial charge on any atom is -0.389 e. The zero-order valence-corrected chi connectivity index (χ0v) is 13.6. The minimum atomic E-state index is -0.495. The van der Waals surface area contributed by atoms with E-state index in [1.54, 1.807) is 0 Å². The number of carbonyl (C=O) groups excluding carboxylic acids is 1. The van der Waals surface area contributed by atoms with E-state index in [4.69, 9.17) is 4.74 Å². The van der Waals surface area contributed by atoms with E-state index in [9.17, 15) is 9.90 Å². The van der Waals surface area contributed by atoms with Gasteiger partial charge in [0.25, 0.3) is 0 Å². The summed E-state index contributed by atoms with van der Waals surface area (Å²) in [5, 5.41) is 15.8. The van der Waals surface area contributed by atoms with Crippen molar-refractivity contribution in [2.75, 3.05) is 26.2 Å². The highest BCUT2D eigenvalue weighted by molar-refractivity contribution is 5.76. The maximum Gasteiger partial charge on any atom is 0.221 e. The molecule has 0 aromatic heterocycles. The molecule has 0 aromatic rings. The Bertz CT molecular complexity index is 279. The third-order valence-corrected chi connectivity index (χ3v) is 3.69. The van der Waals surface area contributed by atoms with E-state index in [-0.39, 0.29) is 5.91 Å². The first-order valence-electron chi connectivity index (χ1n) is 8.35. The quantitative estimate of drug-likeness (QED) is 0.534. The summed E-state index contributed by atoms with van der Waals surface area (Å²) in [6, 6.07) is 0. The lowest BCUT2D eigenvalue weighted by molar-refractivity contribution is -0.121. The molecule has 1 fully saturated rings. The summed E-state index contributed by atoms with van der Waals surface area (Å²) in [4.78, 5) is 11.5. The predicted molar refractivity (Wildman–Crippen MR) is 84.2 cm³/mol. The lowest BCUT2D eigenvalue weighted by atomic mass is 9.98. The second-order valence-corrected chi connectivity index (χ2v) is 6.40. The number of hydrogen-bond acceptors (Lipinski definition) is 4. The molecule has 5 heteroatoms. The molecule has 1 unspecified atom stereocenters. The molecule has 0 heterocycles. The molecule has 0 spiro atoms. The topological polar surface area (TPSA) is 70.6 Å². The lowest BCUT2D eigenvalue weighted by Gasteiger charge is -2.23. The smallest absolute Gasteiger partial charge is 0.221 e. The third kappa shape index (κ3) is 9.82. The van der Waals surface area contributed by atoms with Crippen molar-refractivity contribution in [1.29, 1.82) is 0 Å². The van der Waals surface area contributed by atoms with Gasteiger partial charge in [0.05, 0.1) is 18.8 Å². The van der Waals surface area contributed by atoms with Crippen LogP contribution in [-0.2, 0) is 9.53 Å². The summed E-state index contributed by atoms with van der Waals surface area (Å²) in [6.45, 7) is 6.31. The first-order chi connectivity index (χ1) is 10.1. The molecule has 0 bridgehead atoms. The first-order valence-corrected chi connectivity index (χ1v) is 8.35. The Morgan fingerprint density at radius 3 is 2.62 bits per heavy atom. The summed E-state index contributed by atoms with van der Waals surface area (Å²) in [5.41, 5.74) is 0. The second kappa shape index (κ2) is 11.0. The van der Waals surface area contributed by atoms with Gasteiger partial charge in [-0.2, -0.15) is 0 Å². The fraction of sp³-hybridized carbons (Fsp3) is 0.938. The fourth-order valence-corrected chi connectivity index (χ4v) is 2.41. The van der Waals surface area contributed by atoms with Gasteiger partial charge < -0.3 is 20.5 Å². The van der Waals surface area contributed by atoms with E-state index in [2.05, 4.69) is 24.5 Å². The van der Waals surface area contributed by atoms with Crippen molar-refractivity contribution in [3.63, 3.8) is 0 Å². The molecule has 0 aliphatic heterocycles. The third-order valence-electron chi connectivity index (χ3n) is 3.69. The van der Waals surface area contributed by atoms with Crippen LogP contribution in [-0.4, -0.2) is 49.5 Å². The monoisotopic (exact) mass is 300 g/mol. The highest BCUT2D eigenvalue weighted by atomic mass is 16.5. The first kappa shape index (κ1) is 18.4. The largest absolute Gasteiger partial charge is 0.389 e. The molecule has 1 rings (SSSR count). The highest BCUT2D eigenvalue weighted by Crippen LogP contribution is 2.20. The van der Waals surface area contributed by atoms with Crippen LogP contribution in [0.1, 0.15) is 52.4 Å². The van der Waals surface area contributed by atoms with Gasteiger partial charge in [-0.05, 0) is 18.8 Å². The Morgan fingerprint density at radius 1 is 1.24 bits per heavy atom. The van der Waals surface area contributed by atoms with Crippen LogP contribution >= 0.6 is 0 Å². The molecule has 5 nitrogen and oxygen atoms in total. The summed E-state index contributed by atoms with van der Waals surface area (Å²) in [5.74, 6) is 0.532. The number of nitrogens with one attached hydrogen (secondary N) is 2. The number of amides is 1. The second-order valence-electron chi connectivity index (χ2n) is 6.40. The van der Waals surface area contributed by atoms with Crippen LogP contribution < -0.4 is 10.6 Å². The van der Waals surface area contributed by atoms with Crippen LogP contribution in [0.3, 0.4) is 0 Å².